The van der Waals surface area contributed by atoms with Gasteiger partial charge in [-0.05, 0) is 44.6 Å². The third-order valence-corrected chi connectivity index (χ3v) is 9.16. The molecule has 246 valence electrons. The molecule has 0 spiro atoms. The summed E-state index contributed by atoms with van der Waals surface area (Å²) in [7, 11) is 0. The van der Waals surface area contributed by atoms with Crippen LogP contribution in [-0.4, -0.2) is 68.6 Å². The van der Waals surface area contributed by atoms with Gasteiger partial charge in [-0.1, -0.05) is 84.6 Å². The van der Waals surface area contributed by atoms with Gasteiger partial charge in [0.05, 0.1) is 30.3 Å². The largest absolute Gasteiger partial charge is 0.459 e. The highest BCUT2D eigenvalue weighted by molar-refractivity contribution is 5.74. The van der Waals surface area contributed by atoms with E-state index < -0.39 is 60.0 Å². The predicted octanol–water partition coefficient (Wildman–Crippen LogP) is 4.69. The standard InChI is InChI=1S/C34H57NO8/c1-11-12-13-19(2)16-23(6)31(42-33(35)41)24(7)29(38)22(5)17-21(4)28(37)20(3)14-15-27(36)18-34(10)26(9)30(39)25(8)32(40)43-34/h11-15,17,19-21,23-31,36-39H,1,16,18H2,2-10H3,(H2,35,41)/b13-12-,15-14-,22-17-/t19-,20-,21?,23+,24-,25+,26+,27+,28-,29+,30?,31-,34-/m0/s1. The number of carbonyl (C=O) groups is 2. The van der Waals surface area contributed by atoms with Gasteiger partial charge < -0.3 is 35.6 Å². The maximum atomic E-state index is 12.2. The van der Waals surface area contributed by atoms with Crippen LogP contribution in [0.1, 0.15) is 75.2 Å². The first-order valence-electron chi connectivity index (χ1n) is 15.4. The van der Waals surface area contributed by atoms with Gasteiger partial charge in [0.15, 0.2) is 0 Å². The summed E-state index contributed by atoms with van der Waals surface area (Å²) in [6, 6.07) is 0. The van der Waals surface area contributed by atoms with Crippen LogP contribution in [0.25, 0.3) is 0 Å². The number of primary amides is 1. The van der Waals surface area contributed by atoms with Crippen LogP contribution in [-0.2, 0) is 14.3 Å². The molecule has 1 amide bonds. The summed E-state index contributed by atoms with van der Waals surface area (Å²) in [4.78, 5) is 23.9. The van der Waals surface area contributed by atoms with Gasteiger partial charge in [0.2, 0.25) is 0 Å². The SMILES string of the molecule is C=C/C=C\[C@H](C)C[C@@H](C)[C@H](OC(N)=O)[C@@H](C)[C@H](O)/C(C)=C\C(C)[C@@H](O)[C@@H](C)/C=C\[C@@H](O)C[C@]1(C)OC(=O)[C@H](C)C(O)[C@H]1C. The van der Waals surface area contributed by atoms with Crippen molar-refractivity contribution < 1.29 is 39.5 Å². The normalized spacial score (nSPS) is 29.7. The molecule has 0 bridgehead atoms. The van der Waals surface area contributed by atoms with Gasteiger partial charge in [0.25, 0.3) is 0 Å². The minimum atomic E-state index is -1.03. The Hall–Kier alpha value is -2.46. The number of esters is 1. The molecule has 0 radical (unpaired) electrons. The van der Waals surface area contributed by atoms with Crippen LogP contribution in [0.15, 0.2) is 48.6 Å². The third-order valence-electron chi connectivity index (χ3n) is 9.16. The molecule has 1 aliphatic heterocycles. The van der Waals surface area contributed by atoms with Crippen LogP contribution in [0.5, 0.6) is 0 Å². The lowest BCUT2D eigenvalue weighted by molar-refractivity contribution is -0.200. The van der Waals surface area contributed by atoms with E-state index in [2.05, 4.69) is 13.5 Å². The maximum absolute atomic E-state index is 12.2. The maximum Gasteiger partial charge on any atom is 0.404 e. The summed E-state index contributed by atoms with van der Waals surface area (Å²) < 4.78 is 11.1. The molecule has 0 saturated carbocycles. The highest BCUT2D eigenvalue weighted by atomic mass is 16.6. The fourth-order valence-corrected chi connectivity index (χ4v) is 6.11. The number of aliphatic hydroxyl groups is 4. The monoisotopic (exact) mass is 607 g/mol. The minimum absolute atomic E-state index is 0.0805. The second-order valence-corrected chi connectivity index (χ2v) is 13.1. The molecular formula is C34H57NO8. The molecule has 1 aliphatic rings. The number of allylic oxidation sites excluding steroid dienone is 3. The number of hydrogen-bond donors (Lipinski definition) is 5. The summed E-state index contributed by atoms with van der Waals surface area (Å²) in [6.07, 6.45) is 6.43. The number of amides is 1. The van der Waals surface area contributed by atoms with E-state index in [-0.39, 0.29) is 36.0 Å². The molecular weight excluding hydrogens is 550 g/mol. The van der Waals surface area contributed by atoms with Gasteiger partial charge in [0, 0.05) is 30.1 Å². The second-order valence-electron chi connectivity index (χ2n) is 13.1. The molecule has 9 heteroatoms. The topological polar surface area (TPSA) is 160 Å². The summed E-state index contributed by atoms with van der Waals surface area (Å²) in [5.41, 5.74) is 4.98. The first kappa shape index (κ1) is 38.6. The number of nitrogens with two attached hydrogens (primary N) is 1. The Labute approximate surface area is 258 Å². The summed E-state index contributed by atoms with van der Waals surface area (Å²) in [6.45, 7) is 20.1. The molecule has 0 aromatic heterocycles. The van der Waals surface area contributed by atoms with Gasteiger partial charge in [-0.15, -0.1) is 0 Å². The lowest BCUT2D eigenvalue weighted by Gasteiger charge is -2.44. The van der Waals surface area contributed by atoms with Gasteiger partial charge in [-0.25, -0.2) is 4.79 Å². The van der Waals surface area contributed by atoms with Crippen molar-refractivity contribution in [2.75, 3.05) is 0 Å². The fraction of sp³-hybridized carbons (Fsp3) is 0.706. The quantitative estimate of drug-likeness (QED) is 0.0960. The molecule has 2 unspecified atom stereocenters. The first-order chi connectivity index (χ1) is 19.9. The number of ether oxygens (including phenoxy) is 2. The van der Waals surface area contributed by atoms with Crippen LogP contribution in [0, 0.1) is 41.4 Å². The fourth-order valence-electron chi connectivity index (χ4n) is 6.11. The number of cyclic esters (lactones) is 1. The number of aliphatic hydroxyl groups excluding tert-OH is 4. The minimum Gasteiger partial charge on any atom is -0.459 e. The van der Waals surface area contributed by atoms with Crippen LogP contribution < -0.4 is 5.73 Å². The van der Waals surface area contributed by atoms with Crippen molar-refractivity contribution in [3.8, 4) is 0 Å². The molecule has 1 heterocycles. The summed E-state index contributed by atoms with van der Waals surface area (Å²) in [5, 5.41) is 43.3. The molecule has 9 nitrogen and oxygen atoms in total. The molecule has 1 saturated heterocycles. The van der Waals surface area contributed by atoms with Gasteiger partial charge >= 0.3 is 12.1 Å². The van der Waals surface area contributed by atoms with Gasteiger partial charge in [0.1, 0.15) is 11.7 Å². The lowest BCUT2D eigenvalue weighted by Crippen LogP contribution is -2.54. The Morgan fingerprint density at radius 1 is 1.09 bits per heavy atom. The Morgan fingerprint density at radius 3 is 2.26 bits per heavy atom. The Bertz CT molecular complexity index is 1010. The highest BCUT2D eigenvalue weighted by Gasteiger charge is 2.48. The molecule has 13 atom stereocenters. The summed E-state index contributed by atoms with van der Waals surface area (Å²) >= 11 is 0. The van der Waals surface area contributed by atoms with E-state index >= 15 is 0 Å². The molecule has 0 aromatic carbocycles. The zero-order valence-electron chi connectivity index (χ0n) is 27.5. The molecule has 1 fully saturated rings. The summed E-state index contributed by atoms with van der Waals surface area (Å²) in [5.74, 6) is -2.49. The van der Waals surface area contributed by atoms with Crippen molar-refractivity contribution in [3.63, 3.8) is 0 Å². The average Bonchev–Trinajstić information content (AvgIpc) is 2.93. The van der Waals surface area contributed by atoms with Crippen molar-refractivity contribution in [1.29, 1.82) is 0 Å². The molecule has 0 aliphatic carbocycles. The molecule has 6 N–H and O–H groups in total. The van der Waals surface area contributed by atoms with E-state index in [1.54, 1.807) is 52.0 Å². The Kier molecular flexibility index (Phi) is 15.4. The average molecular weight is 608 g/mol. The van der Waals surface area contributed by atoms with Crippen molar-refractivity contribution in [1.82, 2.24) is 0 Å². The van der Waals surface area contributed by atoms with Crippen LogP contribution in [0.2, 0.25) is 0 Å². The smallest absolute Gasteiger partial charge is 0.404 e. The van der Waals surface area contributed by atoms with Crippen molar-refractivity contribution in [2.45, 2.75) is 111 Å². The molecule has 1 rings (SSSR count). The zero-order valence-corrected chi connectivity index (χ0v) is 27.5. The Morgan fingerprint density at radius 2 is 1.70 bits per heavy atom. The van der Waals surface area contributed by atoms with Crippen molar-refractivity contribution >= 4 is 12.1 Å². The van der Waals surface area contributed by atoms with Gasteiger partial charge in [-0.2, -0.15) is 0 Å². The predicted molar refractivity (Wildman–Crippen MR) is 169 cm³/mol. The highest BCUT2D eigenvalue weighted by Crippen LogP contribution is 2.38. The van der Waals surface area contributed by atoms with Crippen molar-refractivity contribution in [3.05, 3.63) is 48.6 Å². The van der Waals surface area contributed by atoms with E-state index in [4.69, 9.17) is 15.2 Å². The van der Waals surface area contributed by atoms with Crippen LogP contribution in [0.3, 0.4) is 0 Å². The van der Waals surface area contributed by atoms with Crippen LogP contribution >= 0.6 is 0 Å². The van der Waals surface area contributed by atoms with Crippen LogP contribution in [0.4, 0.5) is 4.79 Å². The second kappa shape index (κ2) is 17.1. The number of hydrogen-bond acceptors (Lipinski definition) is 8. The van der Waals surface area contributed by atoms with E-state index in [0.29, 0.717) is 12.0 Å². The van der Waals surface area contributed by atoms with Gasteiger partial charge in [-0.3, -0.25) is 4.79 Å². The van der Waals surface area contributed by atoms with E-state index in [1.165, 1.54) is 0 Å². The van der Waals surface area contributed by atoms with E-state index in [0.717, 1.165) is 0 Å². The van der Waals surface area contributed by atoms with Crippen molar-refractivity contribution in [2.24, 2.45) is 47.2 Å². The molecule has 43 heavy (non-hydrogen) atoms. The first-order valence-corrected chi connectivity index (χ1v) is 15.4. The van der Waals surface area contributed by atoms with E-state index in [9.17, 15) is 30.0 Å². The third kappa shape index (κ3) is 11.2. The lowest BCUT2D eigenvalue weighted by atomic mass is 9.75. The Balaban J connectivity index is 2.90. The number of rotatable bonds is 16. The number of carbonyl (C=O) groups excluding carboxylic acids is 2. The van der Waals surface area contributed by atoms with E-state index in [1.807, 2.05) is 39.8 Å². The molecule has 0 aromatic rings. The zero-order chi connectivity index (χ0) is 33.2.